The molecule has 0 bridgehead atoms. The first-order valence-corrected chi connectivity index (χ1v) is 7.20. The molecule has 0 atom stereocenters. The molecule has 0 fully saturated rings. The lowest BCUT2D eigenvalue weighted by molar-refractivity contribution is 0.102. The third-order valence-corrected chi connectivity index (χ3v) is 3.46. The lowest BCUT2D eigenvalue weighted by Crippen LogP contribution is -2.11. The molecule has 1 aromatic heterocycles. The molecule has 1 heterocycles. The van der Waals surface area contributed by atoms with Gasteiger partial charge in [0.05, 0.1) is 12.2 Å². The predicted octanol–water partition coefficient (Wildman–Crippen LogP) is 4.39. The van der Waals surface area contributed by atoms with Gasteiger partial charge in [0.25, 0.3) is 5.91 Å². The van der Waals surface area contributed by atoms with Crippen LogP contribution in [0.2, 0.25) is 0 Å². The molecule has 0 aliphatic carbocycles. The standard InChI is InChI=1S/C18H17NO3/c1-3-21-16-9-8-13(10-12(16)2)19-18(20)15-11-22-17-7-5-4-6-14(15)17/h4-11H,3H2,1-2H3,(H,19,20). The summed E-state index contributed by atoms with van der Waals surface area (Å²) >= 11 is 0. The lowest BCUT2D eigenvalue weighted by atomic mass is 10.1. The third-order valence-electron chi connectivity index (χ3n) is 3.46. The van der Waals surface area contributed by atoms with Gasteiger partial charge in [0.2, 0.25) is 0 Å². The van der Waals surface area contributed by atoms with E-state index in [2.05, 4.69) is 5.32 Å². The van der Waals surface area contributed by atoms with Crippen LogP contribution in [0.1, 0.15) is 22.8 Å². The van der Waals surface area contributed by atoms with Crippen molar-refractivity contribution in [3.63, 3.8) is 0 Å². The summed E-state index contributed by atoms with van der Waals surface area (Å²) in [7, 11) is 0. The van der Waals surface area contributed by atoms with E-state index in [1.807, 2.05) is 56.3 Å². The molecule has 0 aliphatic heterocycles. The number of hydrogen-bond donors (Lipinski definition) is 1. The Labute approximate surface area is 128 Å². The van der Waals surface area contributed by atoms with Gasteiger partial charge in [-0.25, -0.2) is 0 Å². The molecule has 1 amide bonds. The van der Waals surface area contributed by atoms with Gasteiger partial charge in [0.1, 0.15) is 17.6 Å². The maximum absolute atomic E-state index is 12.4. The molecule has 4 nitrogen and oxygen atoms in total. The van der Waals surface area contributed by atoms with Crippen molar-refractivity contribution in [1.82, 2.24) is 0 Å². The molecule has 0 radical (unpaired) electrons. The zero-order valence-electron chi connectivity index (χ0n) is 12.6. The number of benzene rings is 2. The predicted molar refractivity (Wildman–Crippen MR) is 86.5 cm³/mol. The van der Waals surface area contributed by atoms with E-state index in [0.29, 0.717) is 17.8 Å². The van der Waals surface area contributed by atoms with Crippen LogP contribution in [0, 0.1) is 6.92 Å². The molecule has 1 N–H and O–H groups in total. The number of rotatable bonds is 4. The average molecular weight is 295 g/mol. The Hall–Kier alpha value is -2.75. The average Bonchev–Trinajstić information content (AvgIpc) is 2.94. The van der Waals surface area contributed by atoms with E-state index in [1.165, 1.54) is 6.26 Å². The van der Waals surface area contributed by atoms with Crippen molar-refractivity contribution >= 4 is 22.6 Å². The van der Waals surface area contributed by atoms with E-state index in [4.69, 9.17) is 9.15 Å². The monoisotopic (exact) mass is 295 g/mol. The molecule has 0 unspecified atom stereocenters. The van der Waals surface area contributed by atoms with Crippen molar-refractivity contribution in [2.45, 2.75) is 13.8 Å². The van der Waals surface area contributed by atoms with Crippen molar-refractivity contribution in [2.24, 2.45) is 0 Å². The summed E-state index contributed by atoms with van der Waals surface area (Å²) in [6, 6.07) is 13.1. The second-order valence-electron chi connectivity index (χ2n) is 5.01. The molecule has 0 spiro atoms. The van der Waals surface area contributed by atoms with E-state index in [9.17, 15) is 4.79 Å². The summed E-state index contributed by atoms with van der Waals surface area (Å²) in [5.41, 5.74) is 2.95. The number of amides is 1. The summed E-state index contributed by atoms with van der Waals surface area (Å²) in [6.07, 6.45) is 1.49. The van der Waals surface area contributed by atoms with Crippen molar-refractivity contribution in [1.29, 1.82) is 0 Å². The van der Waals surface area contributed by atoms with Gasteiger partial charge in [-0.05, 0) is 43.7 Å². The first kappa shape index (κ1) is 14.2. The van der Waals surface area contributed by atoms with Gasteiger partial charge in [-0.3, -0.25) is 4.79 Å². The van der Waals surface area contributed by atoms with Crippen LogP contribution in [-0.4, -0.2) is 12.5 Å². The fraction of sp³-hybridized carbons (Fsp3) is 0.167. The number of para-hydroxylation sites is 1. The van der Waals surface area contributed by atoms with Gasteiger partial charge in [-0.15, -0.1) is 0 Å². The Morgan fingerprint density at radius 3 is 2.82 bits per heavy atom. The number of nitrogens with one attached hydrogen (secondary N) is 1. The lowest BCUT2D eigenvalue weighted by Gasteiger charge is -2.09. The number of furan rings is 1. The normalized spacial score (nSPS) is 10.6. The van der Waals surface area contributed by atoms with E-state index in [0.717, 1.165) is 22.4 Å². The number of hydrogen-bond acceptors (Lipinski definition) is 3. The van der Waals surface area contributed by atoms with Crippen molar-refractivity contribution < 1.29 is 13.9 Å². The molecule has 112 valence electrons. The molecule has 3 aromatic rings. The third kappa shape index (κ3) is 2.68. The van der Waals surface area contributed by atoms with Crippen LogP contribution >= 0.6 is 0 Å². The van der Waals surface area contributed by atoms with E-state index >= 15 is 0 Å². The van der Waals surface area contributed by atoms with Gasteiger partial charge >= 0.3 is 0 Å². The first-order valence-electron chi connectivity index (χ1n) is 7.20. The van der Waals surface area contributed by atoms with Gasteiger partial charge in [-0.1, -0.05) is 18.2 Å². The van der Waals surface area contributed by atoms with Crippen LogP contribution in [0.3, 0.4) is 0 Å². The zero-order valence-corrected chi connectivity index (χ0v) is 12.6. The number of ether oxygens (including phenoxy) is 1. The summed E-state index contributed by atoms with van der Waals surface area (Å²) in [6.45, 7) is 4.51. The summed E-state index contributed by atoms with van der Waals surface area (Å²) in [5.74, 6) is 0.641. The number of aryl methyl sites for hydroxylation is 1. The summed E-state index contributed by atoms with van der Waals surface area (Å²) in [5, 5.41) is 3.70. The first-order chi connectivity index (χ1) is 10.7. The van der Waals surface area contributed by atoms with Crippen LogP contribution in [0.15, 0.2) is 53.1 Å². The van der Waals surface area contributed by atoms with Crippen LogP contribution in [-0.2, 0) is 0 Å². The smallest absolute Gasteiger partial charge is 0.259 e. The number of anilines is 1. The molecule has 22 heavy (non-hydrogen) atoms. The van der Waals surface area contributed by atoms with Crippen LogP contribution in [0.25, 0.3) is 11.0 Å². The maximum atomic E-state index is 12.4. The van der Waals surface area contributed by atoms with Gasteiger partial charge in [-0.2, -0.15) is 0 Å². The minimum absolute atomic E-state index is 0.187. The molecule has 0 saturated carbocycles. The minimum atomic E-state index is -0.187. The van der Waals surface area contributed by atoms with Crippen LogP contribution in [0.5, 0.6) is 5.75 Å². The highest BCUT2D eigenvalue weighted by atomic mass is 16.5. The second kappa shape index (κ2) is 5.93. The van der Waals surface area contributed by atoms with Crippen LogP contribution in [0.4, 0.5) is 5.69 Å². The van der Waals surface area contributed by atoms with Gasteiger partial charge < -0.3 is 14.5 Å². The molecular weight excluding hydrogens is 278 g/mol. The minimum Gasteiger partial charge on any atom is -0.494 e. The Bertz CT molecular complexity index is 820. The second-order valence-corrected chi connectivity index (χ2v) is 5.01. The van der Waals surface area contributed by atoms with Gasteiger partial charge in [0, 0.05) is 11.1 Å². The number of carbonyl (C=O) groups excluding carboxylic acids is 1. The zero-order chi connectivity index (χ0) is 15.5. The Balaban J connectivity index is 1.84. The Kier molecular flexibility index (Phi) is 3.83. The van der Waals surface area contributed by atoms with Crippen molar-refractivity contribution in [3.8, 4) is 5.75 Å². The molecule has 0 saturated heterocycles. The Morgan fingerprint density at radius 2 is 2.05 bits per heavy atom. The van der Waals surface area contributed by atoms with E-state index in [-0.39, 0.29) is 5.91 Å². The molecule has 3 rings (SSSR count). The van der Waals surface area contributed by atoms with Gasteiger partial charge in [0.15, 0.2) is 0 Å². The van der Waals surface area contributed by atoms with Crippen molar-refractivity contribution in [3.05, 3.63) is 59.9 Å². The molecule has 4 heteroatoms. The molecule has 0 aliphatic rings. The van der Waals surface area contributed by atoms with Crippen molar-refractivity contribution in [2.75, 3.05) is 11.9 Å². The largest absolute Gasteiger partial charge is 0.494 e. The fourth-order valence-corrected chi connectivity index (χ4v) is 2.40. The summed E-state index contributed by atoms with van der Waals surface area (Å²) < 4.78 is 10.9. The topological polar surface area (TPSA) is 51.5 Å². The number of carbonyl (C=O) groups is 1. The fourth-order valence-electron chi connectivity index (χ4n) is 2.40. The quantitative estimate of drug-likeness (QED) is 0.776. The SMILES string of the molecule is CCOc1ccc(NC(=O)c2coc3ccccc23)cc1C. The van der Waals surface area contributed by atoms with E-state index in [1.54, 1.807) is 0 Å². The Morgan fingerprint density at radius 1 is 1.23 bits per heavy atom. The molecule has 2 aromatic carbocycles. The molecular formula is C18H17NO3. The highest BCUT2D eigenvalue weighted by molar-refractivity contribution is 6.12. The highest BCUT2D eigenvalue weighted by Crippen LogP contribution is 2.24. The van der Waals surface area contributed by atoms with Crippen LogP contribution < -0.4 is 10.1 Å². The van der Waals surface area contributed by atoms with E-state index < -0.39 is 0 Å². The number of fused-ring (bicyclic) bond motifs is 1. The maximum Gasteiger partial charge on any atom is 0.259 e. The highest BCUT2D eigenvalue weighted by Gasteiger charge is 2.13. The summed E-state index contributed by atoms with van der Waals surface area (Å²) in [4.78, 5) is 12.4.